The van der Waals surface area contributed by atoms with E-state index in [1.165, 1.54) is 0 Å². The summed E-state index contributed by atoms with van der Waals surface area (Å²) in [6.45, 7) is 5.59. The first-order valence-corrected chi connectivity index (χ1v) is 7.04. The number of nitrogens with zero attached hydrogens (tertiary/aromatic N) is 1. The Hall–Kier alpha value is -2.08. The number of nitrogens with one attached hydrogen (secondary N) is 1. The van der Waals surface area contributed by atoms with E-state index in [9.17, 15) is 9.59 Å². The van der Waals surface area contributed by atoms with Crippen molar-refractivity contribution in [2.45, 2.75) is 26.4 Å². The molecule has 1 N–H and O–H groups in total. The minimum atomic E-state index is -0.525. The molecule has 0 aromatic heterocycles. The quantitative estimate of drug-likeness (QED) is 0.813. The van der Waals surface area contributed by atoms with Crippen LogP contribution in [0.15, 0.2) is 24.3 Å². The van der Waals surface area contributed by atoms with Gasteiger partial charge in [-0.05, 0) is 52.1 Å². The van der Waals surface area contributed by atoms with Gasteiger partial charge in [0.15, 0.2) is 0 Å². The summed E-state index contributed by atoms with van der Waals surface area (Å²) in [5.41, 5.74) is 0.153. The van der Waals surface area contributed by atoms with E-state index in [4.69, 9.17) is 9.47 Å². The summed E-state index contributed by atoms with van der Waals surface area (Å²) in [4.78, 5) is 25.2. The van der Waals surface area contributed by atoms with Crippen molar-refractivity contribution in [3.63, 3.8) is 0 Å². The van der Waals surface area contributed by atoms with Gasteiger partial charge in [0, 0.05) is 5.69 Å². The van der Waals surface area contributed by atoms with Crippen LogP contribution in [0.4, 0.5) is 5.69 Å². The van der Waals surface area contributed by atoms with Crippen LogP contribution >= 0.6 is 0 Å². The van der Waals surface area contributed by atoms with E-state index < -0.39 is 5.60 Å². The number of likely N-dealkylation sites (N-methyl/N-ethyl adjacent to an activating group) is 1. The molecular weight excluding hydrogens is 284 g/mol. The van der Waals surface area contributed by atoms with Crippen molar-refractivity contribution in [1.82, 2.24) is 4.90 Å². The van der Waals surface area contributed by atoms with Crippen molar-refractivity contribution in [1.29, 1.82) is 0 Å². The molecule has 6 nitrogen and oxygen atoms in total. The van der Waals surface area contributed by atoms with Crippen LogP contribution < -0.4 is 10.1 Å². The lowest BCUT2D eigenvalue weighted by Crippen LogP contribution is -2.37. The van der Waals surface area contributed by atoms with E-state index >= 15 is 0 Å². The number of anilines is 1. The number of rotatable bonds is 6. The van der Waals surface area contributed by atoms with Crippen LogP contribution in [0.25, 0.3) is 0 Å². The average molecular weight is 308 g/mol. The van der Waals surface area contributed by atoms with E-state index in [0.29, 0.717) is 5.69 Å². The number of carbonyl (C=O) groups excluding carboxylic acids is 2. The number of methoxy groups -OCH3 is 1. The molecule has 1 amide bonds. The molecule has 0 saturated carbocycles. The van der Waals surface area contributed by atoms with Gasteiger partial charge in [-0.15, -0.1) is 0 Å². The Morgan fingerprint density at radius 2 is 1.73 bits per heavy atom. The molecule has 22 heavy (non-hydrogen) atoms. The highest BCUT2D eigenvalue weighted by molar-refractivity contribution is 5.92. The van der Waals surface area contributed by atoms with Crippen LogP contribution in [0.2, 0.25) is 0 Å². The molecule has 0 bridgehead atoms. The minimum Gasteiger partial charge on any atom is -0.497 e. The maximum atomic E-state index is 11.9. The molecule has 0 fully saturated rings. The van der Waals surface area contributed by atoms with Crippen LogP contribution in [0.5, 0.6) is 5.75 Å². The van der Waals surface area contributed by atoms with Gasteiger partial charge in [-0.3, -0.25) is 14.5 Å². The predicted octanol–water partition coefficient (Wildman–Crippen LogP) is 1.91. The number of carbonyl (C=O) groups is 2. The second kappa shape index (κ2) is 7.79. The SMILES string of the molecule is COc1ccc(NC(=O)CN(C)CC(=O)OC(C)(C)C)cc1. The van der Waals surface area contributed by atoms with Crippen molar-refractivity contribution in [3.8, 4) is 5.75 Å². The van der Waals surface area contributed by atoms with Gasteiger partial charge >= 0.3 is 5.97 Å². The molecule has 0 radical (unpaired) electrons. The molecule has 0 aliphatic rings. The molecule has 0 spiro atoms. The summed E-state index contributed by atoms with van der Waals surface area (Å²) in [7, 11) is 3.27. The largest absolute Gasteiger partial charge is 0.497 e. The Morgan fingerprint density at radius 1 is 1.14 bits per heavy atom. The molecule has 0 saturated heterocycles. The first-order valence-electron chi connectivity index (χ1n) is 7.04. The van der Waals surface area contributed by atoms with Crippen LogP contribution in [-0.4, -0.2) is 49.6 Å². The lowest BCUT2D eigenvalue weighted by Gasteiger charge is -2.22. The van der Waals surface area contributed by atoms with Gasteiger partial charge in [0.2, 0.25) is 5.91 Å². The molecular formula is C16H24N2O4. The number of amides is 1. The molecule has 0 aliphatic carbocycles. The van der Waals surface area contributed by atoms with Crippen LogP contribution in [0, 0.1) is 0 Å². The van der Waals surface area contributed by atoms with Crippen molar-refractivity contribution < 1.29 is 19.1 Å². The average Bonchev–Trinajstić information content (AvgIpc) is 2.36. The highest BCUT2D eigenvalue weighted by atomic mass is 16.6. The molecule has 6 heteroatoms. The third kappa shape index (κ3) is 7.08. The number of esters is 1. The molecule has 122 valence electrons. The maximum absolute atomic E-state index is 11.9. The maximum Gasteiger partial charge on any atom is 0.320 e. The summed E-state index contributed by atoms with van der Waals surface area (Å²) in [5, 5.41) is 2.76. The third-order valence-corrected chi connectivity index (χ3v) is 2.61. The Labute approximate surface area is 131 Å². The summed E-state index contributed by atoms with van der Waals surface area (Å²) in [6.07, 6.45) is 0. The fourth-order valence-corrected chi connectivity index (χ4v) is 1.77. The first-order chi connectivity index (χ1) is 10.2. The van der Waals surface area contributed by atoms with Gasteiger partial charge in [-0.25, -0.2) is 0 Å². The summed E-state index contributed by atoms with van der Waals surface area (Å²) >= 11 is 0. The Morgan fingerprint density at radius 3 is 2.23 bits per heavy atom. The second-order valence-electron chi connectivity index (χ2n) is 6.04. The molecule has 0 unspecified atom stereocenters. The van der Waals surface area contributed by atoms with E-state index in [2.05, 4.69) is 5.32 Å². The first kappa shape index (κ1) is 18.0. The number of ether oxygens (including phenoxy) is 2. The van der Waals surface area contributed by atoms with Gasteiger partial charge in [0.05, 0.1) is 20.2 Å². The third-order valence-electron chi connectivity index (χ3n) is 2.61. The number of hydrogen-bond donors (Lipinski definition) is 1. The fourth-order valence-electron chi connectivity index (χ4n) is 1.77. The topological polar surface area (TPSA) is 67.9 Å². The normalized spacial score (nSPS) is 11.2. The Bertz CT molecular complexity index is 506. The van der Waals surface area contributed by atoms with Crippen LogP contribution in [0.3, 0.4) is 0 Å². The fraction of sp³-hybridized carbons (Fsp3) is 0.500. The van der Waals surface area contributed by atoms with Crippen LogP contribution in [0.1, 0.15) is 20.8 Å². The number of hydrogen-bond acceptors (Lipinski definition) is 5. The van der Waals surface area contributed by atoms with Gasteiger partial charge in [-0.1, -0.05) is 0 Å². The molecule has 1 aromatic carbocycles. The molecule has 0 atom stereocenters. The minimum absolute atomic E-state index is 0.0628. The highest BCUT2D eigenvalue weighted by Gasteiger charge is 2.18. The predicted molar refractivity (Wildman–Crippen MR) is 85.0 cm³/mol. The zero-order valence-corrected chi connectivity index (χ0v) is 13.8. The highest BCUT2D eigenvalue weighted by Crippen LogP contribution is 2.14. The lowest BCUT2D eigenvalue weighted by molar-refractivity contribution is -0.155. The van der Waals surface area contributed by atoms with Gasteiger partial charge in [-0.2, -0.15) is 0 Å². The molecule has 1 aromatic rings. The van der Waals surface area contributed by atoms with Crippen molar-refractivity contribution in [2.24, 2.45) is 0 Å². The summed E-state index contributed by atoms with van der Waals surface area (Å²) in [5.74, 6) is 0.170. The smallest absolute Gasteiger partial charge is 0.320 e. The van der Waals surface area contributed by atoms with Gasteiger partial charge in [0.25, 0.3) is 0 Å². The second-order valence-corrected chi connectivity index (χ2v) is 6.04. The van der Waals surface area contributed by atoms with Crippen LogP contribution in [-0.2, 0) is 14.3 Å². The monoisotopic (exact) mass is 308 g/mol. The summed E-state index contributed by atoms with van der Waals surface area (Å²) < 4.78 is 10.3. The Balaban J connectivity index is 2.41. The zero-order chi connectivity index (χ0) is 16.8. The van der Waals surface area contributed by atoms with Crippen molar-refractivity contribution in [2.75, 3.05) is 32.6 Å². The lowest BCUT2D eigenvalue weighted by atomic mass is 10.2. The van der Waals surface area contributed by atoms with Crippen molar-refractivity contribution in [3.05, 3.63) is 24.3 Å². The van der Waals surface area contributed by atoms with Gasteiger partial charge < -0.3 is 14.8 Å². The zero-order valence-electron chi connectivity index (χ0n) is 13.8. The molecule has 0 heterocycles. The molecule has 1 rings (SSSR count). The molecule has 0 aliphatic heterocycles. The van der Waals surface area contributed by atoms with Crippen molar-refractivity contribution >= 4 is 17.6 Å². The number of benzene rings is 1. The summed E-state index contributed by atoms with van der Waals surface area (Å²) in [6, 6.07) is 7.04. The Kier molecular flexibility index (Phi) is 6.37. The van der Waals surface area contributed by atoms with E-state index in [-0.39, 0.29) is 25.0 Å². The van der Waals surface area contributed by atoms with E-state index in [0.717, 1.165) is 5.75 Å². The van der Waals surface area contributed by atoms with Gasteiger partial charge in [0.1, 0.15) is 11.4 Å². The van der Waals surface area contributed by atoms with E-state index in [1.54, 1.807) is 64.1 Å². The standard InChI is InChI=1S/C16H24N2O4/c1-16(2,3)22-15(20)11-18(4)10-14(19)17-12-6-8-13(21-5)9-7-12/h6-9H,10-11H2,1-5H3,(H,17,19). The van der Waals surface area contributed by atoms with E-state index in [1.807, 2.05) is 0 Å².